The molecule has 1 aliphatic rings. The van der Waals surface area contributed by atoms with E-state index in [9.17, 15) is 0 Å². The molecule has 0 amide bonds. The van der Waals surface area contributed by atoms with Crippen LogP contribution < -0.4 is 0 Å². The van der Waals surface area contributed by atoms with E-state index < -0.39 is 0 Å². The lowest BCUT2D eigenvalue weighted by Gasteiger charge is -1.78. The van der Waals surface area contributed by atoms with Gasteiger partial charge in [-0.15, -0.1) is 5.73 Å². The number of allylic oxidation sites excluding steroid dienone is 6. The monoisotopic (exact) mass is 116 g/mol. The fourth-order valence-electron chi connectivity index (χ4n) is 0.620. The topological polar surface area (TPSA) is 0 Å². The Labute approximate surface area is 55.2 Å². The first-order valence-corrected chi connectivity index (χ1v) is 2.86. The Morgan fingerprint density at radius 1 is 1.56 bits per heavy atom. The fourth-order valence-corrected chi connectivity index (χ4v) is 0.620. The van der Waals surface area contributed by atoms with E-state index in [2.05, 4.69) is 12.3 Å². The lowest BCUT2D eigenvalue weighted by molar-refractivity contribution is 1.76. The van der Waals surface area contributed by atoms with E-state index in [1.54, 1.807) is 6.08 Å². The molecule has 0 atom stereocenters. The minimum absolute atomic E-state index is 1.11. The van der Waals surface area contributed by atoms with Gasteiger partial charge in [0.1, 0.15) is 0 Å². The van der Waals surface area contributed by atoms with Gasteiger partial charge in [0, 0.05) is 5.57 Å². The summed E-state index contributed by atoms with van der Waals surface area (Å²) in [5.41, 5.74) is 4.14. The SMILES string of the molecule is C=C/C=C/C1=C=CC=C1. The average molecular weight is 116 g/mol. The van der Waals surface area contributed by atoms with Crippen LogP contribution >= 0.6 is 0 Å². The lowest BCUT2D eigenvalue weighted by Crippen LogP contribution is -1.59. The molecule has 0 fully saturated rings. The van der Waals surface area contributed by atoms with E-state index in [0.29, 0.717) is 0 Å². The first-order valence-electron chi connectivity index (χ1n) is 2.86. The van der Waals surface area contributed by atoms with Gasteiger partial charge in [-0.2, -0.15) is 0 Å². The predicted molar refractivity (Wildman–Crippen MR) is 40.1 cm³/mol. The zero-order chi connectivity index (χ0) is 6.53. The Morgan fingerprint density at radius 3 is 3.00 bits per heavy atom. The van der Waals surface area contributed by atoms with E-state index in [4.69, 9.17) is 0 Å². The van der Waals surface area contributed by atoms with E-state index in [0.717, 1.165) is 5.57 Å². The lowest BCUT2D eigenvalue weighted by atomic mass is 10.3. The molecule has 1 aliphatic carbocycles. The van der Waals surface area contributed by atoms with E-state index in [1.165, 1.54) is 0 Å². The van der Waals surface area contributed by atoms with Crippen LogP contribution in [0.15, 0.2) is 54.3 Å². The second-order valence-corrected chi connectivity index (χ2v) is 1.72. The molecule has 0 spiro atoms. The maximum atomic E-state index is 3.56. The van der Waals surface area contributed by atoms with Gasteiger partial charge in [-0.05, 0) is 18.2 Å². The molecule has 0 aromatic carbocycles. The van der Waals surface area contributed by atoms with E-state index >= 15 is 0 Å². The van der Waals surface area contributed by atoms with E-state index in [-0.39, 0.29) is 0 Å². The molecule has 0 unspecified atom stereocenters. The normalized spacial score (nSPS) is 14.9. The largest absolute Gasteiger partial charge is 0.113 e. The zero-order valence-corrected chi connectivity index (χ0v) is 5.17. The van der Waals surface area contributed by atoms with Crippen molar-refractivity contribution in [2.45, 2.75) is 0 Å². The van der Waals surface area contributed by atoms with Gasteiger partial charge in [0.25, 0.3) is 0 Å². The van der Waals surface area contributed by atoms with Gasteiger partial charge in [-0.3, -0.25) is 0 Å². The summed E-state index contributed by atoms with van der Waals surface area (Å²) in [6.45, 7) is 3.56. The third-order valence-electron chi connectivity index (χ3n) is 1.03. The van der Waals surface area contributed by atoms with Gasteiger partial charge in [0.2, 0.25) is 0 Å². The molecule has 0 aromatic rings. The summed E-state index contributed by atoms with van der Waals surface area (Å²) in [6.07, 6.45) is 11.5. The van der Waals surface area contributed by atoms with Gasteiger partial charge in [-0.25, -0.2) is 0 Å². The van der Waals surface area contributed by atoms with Crippen molar-refractivity contribution in [2.75, 3.05) is 0 Å². The van der Waals surface area contributed by atoms with Gasteiger partial charge in [-0.1, -0.05) is 24.8 Å². The highest BCUT2D eigenvalue weighted by atomic mass is 13.9. The first kappa shape index (κ1) is 5.87. The zero-order valence-electron chi connectivity index (χ0n) is 5.17. The fraction of sp³-hybridized carbons (Fsp3) is 0. The Morgan fingerprint density at radius 2 is 2.44 bits per heavy atom. The van der Waals surface area contributed by atoms with Crippen LogP contribution in [-0.2, 0) is 0 Å². The molecule has 0 heteroatoms. The first-order chi connectivity index (χ1) is 4.43. The van der Waals surface area contributed by atoms with Crippen LogP contribution in [0, 0.1) is 0 Å². The van der Waals surface area contributed by atoms with Gasteiger partial charge in [0.05, 0.1) is 0 Å². The Balaban J connectivity index is 2.65. The molecule has 9 heavy (non-hydrogen) atoms. The Bertz CT molecular complexity index is 220. The third-order valence-corrected chi connectivity index (χ3v) is 1.03. The summed E-state index contributed by atoms with van der Waals surface area (Å²) < 4.78 is 0. The summed E-state index contributed by atoms with van der Waals surface area (Å²) in [4.78, 5) is 0. The highest BCUT2D eigenvalue weighted by Gasteiger charge is 1.83. The number of rotatable bonds is 2. The van der Waals surface area contributed by atoms with Crippen LogP contribution in [-0.4, -0.2) is 0 Å². The van der Waals surface area contributed by atoms with Crippen molar-refractivity contribution in [2.24, 2.45) is 0 Å². The molecular weight excluding hydrogens is 108 g/mol. The second kappa shape index (κ2) is 2.91. The molecule has 0 nitrogen and oxygen atoms in total. The van der Waals surface area contributed by atoms with Crippen molar-refractivity contribution in [3.63, 3.8) is 0 Å². The summed E-state index contributed by atoms with van der Waals surface area (Å²) in [5, 5.41) is 0. The van der Waals surface area contributed by atoms with Crippen molar-refractivity contribution in [1.29, 1.82) is 0 Å². The van der Waals surface area contributed by atoms with Gasteiger partial charge in [0.15, 0.2) is 0 Å². The molecule has 0 radical (unpaired) electrons. The minimum Gasteiger partial charge on any atom is -0.113 e. The van der Waals surface area contributed by atoms with Crippen LogP contribution in [0.25, 0.3) is 0 Å². The third kappa shape index (κ3) is 1.60. The quantitative estimate of drug-likeness (QED) is 0.384. The molecule has 0 aliphatic heterocycles. The molecule has 0 heterocycles. The highest BCUT2D eigenvalue weighted by Crippen LogP contribution is 2.02. The van der Waals surface area contributed by atoms with Crippen molar-refractivity contribution >= 4 is 0 Å². The molecule has 0 saturated heterocycles. The standard InChI is InChI=1S/C9H8/c1-2-3-6-9-7-4-5-8-9/h2-7H,1H2/b6-3+. The van der Waals surface area contributed by atoms with Crippen molar-refractivity contribution in [1.82, 2.24) is 0 Å². The molecule has 1 rings (SSSR count). The van der Waals surface area contributed by atoms with Crippen LogP contribution in [0.4, 0.5) is 0 Å². The summed E-state index contributed by atoms with van der Waals surface area (Å²) in [7, 11) is 0. The smallest absolute Gasteiger partial charge is 0.0164 e. The summed E-state index contributed by atoms with van der Waals surface area (Å²) in [5.74, 6) is 0. The van der Waals surface area contributed by atoms with Crippen LogP contribution in [0.1, 0.15) is 0 Å². The van der Waals surface area contributed by atoms with E-state index in [1.807, 2.05) is 30.4 Å². The average Bonchev–Trinajstić information content (AvgIpc) is 2.34. The van der Waals surface area contributed by atoms with Crippen molar-refractivity contribution in [3.8, 4) is 0 Å². The van der Waals surface area contributed by atoms with Crippen molar-refractivity contribution < 1.29 is 0 Å². The molecule has 0 bridgehead atoms. The minimum atomic E-state index is 1.11. The summed E-state index contributed by atoms with van der Waals surface area (Å²) in [6, 6.07) is 0. The highest BCUT2D eigenvalue weighted by molar-refractivity contribution is 5.37. The maximum Gasteiger partial charge on any atom is 0.0164 e. The van der Waals surface area contributed by atoms with Crippen LogP contribution in [0.5, 0.6) is 0 Å². The predicted octanol–water partition coefficient (Wildman–Crippen LogP) is 2.38. The Kier molecular flexibility index (Phi) is 1.90. The van der Waals surface area contributed by atoms with Crippen LogP contribution in [0.2, 0.25) is 0 Å². The maximum absolute atomic E-state index is 3.56. The van der Waals surface area contributed by atoms with Gasteiger partial charge < -0.3 is 0 Å². The Hall–Kier alpha value is -1.26. The van der Waals surface area contributed by atoms with Crippen LogP contribution in [0.3, 0.4) is 0 Å². The van der Waals surface area contributed by atoms with Gasteiger partial charge >= 0.3 is 0 Å². The number of hydrogen-bond acceptors (Lipinski definition) is 0. The van der Waals surface area contributed by atoms with Crippen molar-refractivity contribution in [3.05, 3.63) is 54.3 Å². The number of hydrogen-bond donors (Lipinski definition) is 0. The molecule has 0 aromatic heterocycles. The molecular formula is C9H8. The molecule has 0 N–H and O–H groups in total. The molecule has 0 saturated carbocycles. The summed E-state index contributed by atoms with van der Waals surface area (Å²) >= 11 is 0. The molecule has 44 valence electrons. The second-order valence-electron chi connectivity index (χ2n) is 1.72.